The molecule has 0 bridgehead atoms. The van der Waals surface area contributed by atoms with Crippen LogP contribution in [0.4, 0.5) is 0 Å². The van der Waals surface area contributed by atoms with E-state index in [0.717, 1.165) is 36.8 Å². The van der Waals surface area contributed by atoms with Crippen molar-refractivity contribution in [2.45, 2.75) is 71.3 Å². The predicted molar refractivity (Wildman–Crippen MR) is 76.1 cm³/mol. The Balaban J connectivity index is 5.34. The molecule has 0 heterocycles. The Kier molecular flexibility index (Phi) is 6.49. The van der Waals surface area contributed by atoms with Crippen molar-refractivity contribution in [2.75, 3.05) is 6.54 Å². The van der Waals surface area contributed by atoms with Gasteiger partial charge in [0.05, 0.1) is 13.3 Å². The summed E-state index contributed by atoms with van der Waals surface area (Å²) < 4.78 is 0. The summed E-state index contributed by atoms with van der Waals surface area (Å²) in [6.45, 7) is 13.6. The third kappa shape index (κ3) is 2.75. The van der Waals surface area contributed by atoms with Gasteiger partial charge in [0, 0.05) is 12.3 Å². The lowest BCUT2D eigenvalue weighted by Crippen LogP contribution is -2.60. The molecule has 0 saturated heterocycles. The van der Waals surface area contributed by atoms with Crippen LogP contribution in [0, 0.1) is 0 Å². The SMILES string of the molecule is CCN=C(CC)C(C)(O)[Si](CC)(CC)CC. The van der Waals surface area contributed by atoms with Crippen molar-refractivity contribution < 1.29 is 5.11 Å². The average molecular weight is 243 g/mol. The Morgan fingerprint density at radius 2 is 1.50 bits per heavy atom. The molecule has 0 aromatic rings. The van der Waals surface area contributed by atoms with E-state index >= 15 is 0 Å². The molecule has 0 aliphatic heterocycles. The molecule has 1 unspecified atom stereocenters. The summed E-state index contributed by atoms with van der Waals surface area (Å²) in [6.07, 6.45) is 0.871. The fraction of sp³-hybridized carbons (Fsp3) is 0.923. The van der Waals surface area contributed by atoms with Gasteiger partial charge in [0.1, 0.15) is 0 Å². The maximum atomic E-state index is 10.9. The summed E-state index contributed by atoms with van der Waals surface area (Å²) in [4.78, 5) is 4.53. The number of hydrogen-bond donors (Lipinski definition) is 1. The zero-order valence-electron chi connectivity index (χ0n) is 11.9. The van der Waals surface area contributed by atoms with Crippen LogP contribution >= 0.6 is 0 Å². The maximum Gasteiger partial charge on any atom is 0.0973 e. The number of hydrogen-bond acceptors (Lipinski definition) is 2. The lowest BCUT2D eigenvalue weighted by Gasteiger charge is -2.43. The topological polar surface area (TPSA) is 32.6 Å². The van der Waals surface area contributed by atoms with Crippen LogP contribution in [0.2, 0.25) is 18.1 Å². The van der Waals surface area contributed by atoms with Crippen LogP contribution in [0.5, 0.6) is 0 Å². The summed E-state index contributed by atoms with van der Waals surface area (Å²) in [5, 5.41) is 10.3. The smallest absolute Gasteiger partial charge is 0.0973 e. The minimum Gasteiger partial charge on any atom is -0.388 e. The number of aliphatic imine (C=N–C) groups is 1. The fourth-order valence-corrected chi connectivity index (χ4v) is 7.32. The van der Waals surface area contributed by atoms with Crippen molar-refractivity contribution in [1.82, 2.24) is 0 Å². The van der Waals surface area contributed by atoms with Crippen LogP contribution in [0.15, 0.2) is 4.99 Å². The van der Waals surface area contributed by atoms with E-state index < -0.39 is 13.3 Å². The summed E-state index contributed by atoms with van der Waals surface area (Å²) >= 11 is 0. The van der Waals surface area contributed by atoms with E-state index in [2.05, 4.69) is 32.7 Å². The van der Waals surface area contributed by atoms with Crippen molar-refractivity contribution in [3.05, 3.63) is 0 Å². The highest BCUT2D eigenvalue weighted by atomic mass is 28.3. The first-order valence-electron chi connectivity index (χ1n) is 6.71. The Morgan fingerprint density at radius 3 is 1.75 bits per heavy atom. The molecule has 1 atom stereocenters. The van der Waals surface area contributed by atoms with E-state index in [0.29, 0.717) is 0 Å². The monoisotopic (exact) mass is 243 g/mol. The number of nitrogens with zero attached hydrogens (tertiary/aromatic N) is 1. The van der Waals surface area contributed by atoms with Gasteiger partial charge in [-0.3, -0.25) is 4.99 Å². The second kappa shape index (κ2) is 6.55. The molecule has 16 heavy (non-hydrogen) atoms. The van der Waals surface area contributed by atoms with Gasteiger partial charge in [0.25, 0.3) is 0 Å². The first kappa shape index (κ1) is 15.8. The highest BCUT2D eigenvalue weighted by molar-refractivity contribution is 6.85. The first-order chi connectivity index (χ1) is 7.45. The van der Waals surface area contributed by atoms with E-state index in [1.54, 1.807) is 0 Å². The molecule has 96 valence electrons. The van der Waals surface area contributed by atoms with Gasteiger partial charge in [-0.15, -0.1) is 0 Å². The van der Waals surface area contributed by atoms with Crippen molar-refractivity contribution in [3.63, 3.8) is 0 Å². The fourth-order valence-electron chi connectivity index (χ4n) is 2.89. The third-order valence-electron chi connectivity index (χ3n) is 4.31. The zero-order chi connectivity index (χ0) is 12.8. The molecule has 3 heteroatoms. The molecule has 0 radical (unpaired) electrons. The van der Waals surface area contributed by atoms with E-state index in [4.69, 9.17) is 0 Å². The molecule has 0 amide bonds. The summed E-state index contributed by atoms with van der Waals surface area (Å²) in [6, 6.07) is 3.40. The Hall–Kier alpha value is -0.153. The molecule has 0 saturated carbocycles. The summed E-state index contributed by atoms with van der Waals surface area (Å²) in [5.74, 6) is 0. The summed E-state index contributed by atoms with van der Waals surface area (Å²) in [7, 11) is -1.64. The third-order valence-corrected chi connectivity index (χ3v) is 10.7. The van der Waals surface area contributed by atoms with Gasteiger partial charge in [-0.1, -0.05) is 45.8 Å². The molecule has 0 aromatic heterocycles. The average Bonchev–Trinajstić information content (AvgIpc) is 2.28. The normalized spacial score (nSPS) is 17.3. The van der Waals surface area contributed by atoms with Crippen LogP contribution in [-0.4, -0.2) is 30.7 Å². The van der Waals surface area contributed by atoms with Gasteiger partial charge in [0.2, 0.25) is 0 Å². The standard InChI is InChI=1S/C13H29NOSi/c1-7-12(14-8-2)13(6,15)16(9-3,10-4)11-5/h15H,7-11H2,1-6H3. The van der Waals surface area contributed by atoms with Crippen molar-refractivity contribution in [3.8, 4) is 0 Å². The molecule has 0 aliphatic rings. The highest BCUT2D eigenvalue weighted by Crippen LogP contribution is 2.34. The second-order valence-electron chi connectivity index (χ2n) is 4.69. The van der Waals surface area contributed by atoms with Crippen molar-refractivity contribution >= 4 is 13.8 Å². The van der Waals surface area contributed by atoms with Crippen molar-refractivity contribution in [1.29, 1.82) is 0 Å². The van der Waals surface area contributed by atoms with E-state index in [-0.39, 0.29) is 0 Å². The zero-order valence-corrected chi connectivity index (χ0v) is 12.9. The molecule has 0 spiro atoms. The van der Waals surface area contributed by atoms with Gasteiger partial charge in [-0.25, -0.2) is 0 Å². The molecular formula is C13H29NOSi. The molecule has 0 aromatic carbocycles. The van der Waals surface area contributed by atoms with Crippen LogP contribution in [0.3, 0.4) is 0 Å². The molecule has 1 N–H and O–H groups in total. The quantitative estimate of drug-likeness (QED) is 0.537. The van der Waals surface area contributed by atoms with Crippen molar-refractivity contribution in [2.24, 2.45) is 4.99 Å². The van der Waals surface area contributed by atoms with Crippen LogP contribution < -0.4 is 0 Å². The Morgan fingerprint density at radius 1 is 1.06 bits per heavy atom. The van der Waals surface area contributed by atoms with Gasteiger partial charge < -0.3 is 5.11 Å². The highest BCUT2D eigenvalue weighted by Gasteiger charge is 2.47. The van der Waals surface area contributed by atoms with Crippen LogP contribution in [0.25, 0.3) is 0 Å². The summed E-state index contributed by atoms with van der Waals surface area (Å²) in [5.41, 5.74) is 1.02. The predicted octanol–water partition coefficient (Wildman–Crippen LogP) is 3.66. The maximum absolute atomic E-state index is 10.9. The largest absolute Gasteiger partial charge is 0.388 e. The Bertz CT molecular complexity index is 224. The molecule has 0 rings (SSSR count). The molecule has 0 aliphatic carbocycles. The molecular weight excluding hydrogens is 214 g/mol. The van der Waals surface area contributed by atoms with Gasteiger partial charge >= 0.3 is 0 Å². The lowest BCUT2D eigenvalue weighted by atomic mass is 10.2. The van der Waals surface area contributed by atoms with Gasteiger partial charge in [-0.2, -0.15) is 0 Å². The first-order valence-corrected chi connectivity index (χ1v) is 9.33. The van der Waals surface area contributed by atoms with E-state index in [1.807, 2.05) is 13.8 Å². The minimum atomic E-state index is -1.64. The number of aliphatic hydroxyl groups is 1. The second-order valence-corrected chi connectivity index (χ2v) is 10.3. The Labute approximate surface area is 102 Å². The lowest BCUT2D eigenvalue weighted by molar-refractivity contribution is 0.200. The van der Waals surface area contributed by atoms with Crippen LogP contribution in [-0.2, 0) is 0 Å². The van der Waals surface area contributed by atoms with E-state index in [9.17, 15) is 5.11 Å². The molecule has 2 nitrogen and oxygen atoms in total. The van der Waals surface area contributed by atoms with Crippen LogP contribution in [0.1, 0.15) is 48.0 Å². The minimum absolute atomic E-state index is 0.629. The van der Waals surface area contributed by atoms with Gasteiger partial charge in [-0.05, 0) is 20.3 Å². The molecule has 0 fully saturated rings. The van der Waals surface area contributed by atoms with E-state index in [1.165, 1.54) is 0 Å². The number of rotatable bonds is 7. The van der Waals surface area contributed by atoms with Gasteiger partial charge in [0.15, 0.2) is 0 Å².